The summed E-state index contributed by atoms with van der Waals surface area (Å²) in [5.41, 5.74) is 0. The van der Waals surface area contributed by atoms with Gasteiger partial charge in [-0.15, -0.1) is 0 Å². The Morgan fingerprint density at radius 1 is 1.53 bits per heavy atom. The first-order valence-corrected chi connectivity index (χ1v) is 5.57. The number of oxazole rings is 1. The number of rotatable bonds is 1. The summed E-state index contributed by atoms with van der Waals surface area (Å²) >= 11 is 1.67. The van der Waals surface area contributed by atoms with Crippen molar-refractivity contribution in [2.45, 2.75) is 12.2 Å². The highest BCUT2D eigenvalue weighted by Crippen LogP contribution is 2.31. The molecule has 1 atom stereocenters. The molecule has 1 saturated heterocycles. The first-order valence-electron chi connectivity index (χ1n) is 4.41. The molecule has 0 spiro atoms. The van der Waals surface area contributed by atoms with Crippen LogP contribution in [0.1, 0.15) is 17.7 Å². The van der Waals surface area contributed by atoms with Crippen LogP contribution in [0.3, 0.4) is 0 Å². The third kappa shape index (κ3) is 2.46. The predicted molar refractivity (Wildman–Crippen MR) is 49.6 cm³/mol. The molecule has 0 saturated carbocycles. The normalized spacial score (nSPS) is 23.0. The van der Waals surface area contributed by atoms with Crippen molar-refractivity contribution < 1.29 is 17.6 Å². The zero-order chi connectivity index (χ0) is 10.9. The minimum absolute atomic E-state index is 0.120. The molecule has 1 aliphatic rings. The summed E-state index contributed by atoms with van der Waals surface area (Å²) in [6.07, 6.45) is -3.72. The number of nitrogens with zero attached hydrogens (tertiary/aromatic N) is 1. The molecule has 7 heteroatoms. The monoisotopic (exact) mass is 238 g/mol. The molecule has 84 valence electrons. The van der Waals surface area contributed by atoms with E-state index in [-0.39, 0.29) is 11.9 Å². The highest BCUT2D eigenvalue weighted by atomic mass is 32.2. The van der Waals surface area contributed by atoms with Crippen LogP contribution in [-0.4, -0.2) is 23.0 Å². The minimum atomic E-state index is -4.45. The maximum atomic E-state index is 12.2. The van der Waals surface area contributed by atoms with Gasteiger partial charge in [0.25, 0.3) is 0 Å². The van der Waals surface area contributed by atoms with E-state index in [9.17, 15) is 13.2 Å². The van der Waals surface area contributed by atoms with Crippen LogP contribution in [0.2, 0.25) is 0 Å². The summed E-state index contributed by atoms with van der Waals surface area (Å²) < 4.78 is 41.3. The third-order valence-corrected chi connectivity index (χ3v) is 3.08. The van der Waals surface area contributed by atoms with E-state index in [0.29, 0.717) is 5.75 Å². The van der Waals surface area contributed by atoms with Crippen molar-refractivity contribution in [1.29, 1.82) is 0 Å². The molecule has 1 aromatic heterocycles. The number of hydrogen-bond acceptors (Lipinski definition) is 4. The highest BCUT2D eigenvalue weighted by Gasteiger charge is 2.36. The number of thioether (sulfide) groups is 1. The standard InChI is InChI=1S/C8H9F3N2OS/c9-8(10,11)6-3-13-7(14-6)5-4-15-2-1-12-5/h3,5,12H,1-2,4H2. The summed E-state index contributed by atoms with van der Waals surface area (Å²) in [7, 11) is 0. The molecule has 0 bridgehead atoms. The van der Waals surface area contributed by atoms with Gasteiger partial charge >= 0.3 is 6.18 Å². The van der Waals surface area contributed by atoms with Crippen molar-refractivity contribution in [3.05, 3.63) is 17.8 Å². The van der Waals surface area contributed by atoms with Crippen molar-refractivity contribution >= 4 is 11.8 Å². The van der Waals surface area contributed by atoms with E-state index in [0.717, 1.165) is 18.5 Å². The van der Waals surface area contributed by atoms with E-state index in [2.05, 4.69) is 14.7 Å². The third-order valence-electron chi connectivity index (χ3n) is 2.02. The molecule has 0 amide bonds. The van der Waals surface area contributed by atoms with Crippen molar-refractivity contribution in [2.24, 2.45) is 0 Å². The molecule has 1 N–H and O–H groups in total. The second-order valence-corrected chi connectivity index (χ2v) is 4.29. The first kappa shape index (κ1) is 10.8. The zero-order valence-corrected chi connectivity index (χ0v) is 8.49. The minimum Gasteiger partial charge on any atom is -0.434 e. The molecule has 15 heavy (non-hydrogen) atoms. The van der Waals surface area contributed by atoms with Crippen molar-refractivity contribution in [3.8, 4) is 0 Å². The Hall–Kier alpha value is -0.690. The SMILES string of the molecule is FC(F)(F)c1cnc(C2CSCCN2)o1. The molecule has 0 aliphatic carbocycles. The summed E-state index contributed by atoms with van der Waals surface area (Å²) in [5.74, 6) is 0.741. The van der Waals surface area contributed by atoms with Crippen molar-refractivity contribution in [1.82, 2.24) is 10.3 Å². The van der Waals surface area contributed by atoms with Gasteiger partial charge in [-0.05, 0) is 0 Å². The van der Waals surface area contributed by atoms with Crippen LogP contribution in [-0.2, 0) is 6.18 Å². The van der Waals surface area contributed by atoms with Crippen molar-refractivity contribution in [2.75, 3.05) is 18.1 Å². The Bertz CT molecular complexity index is 333. The Kier molecular flexibility index (Phi) is 2.92. The van der Waals surface area contributed by atoms with Gasteiger partial charge in [0.2, 0.25) is 11.7 Å². The average Bonchev–Trinajstić information content (AvgIpc) is 2.67. The largest absolute Gasteiger partial charge is 0.451 e. The van der Waals surface area contributed by atoms with E-state index in [1.54, 1.807) is 11.8 Å². The highest BCUT2D eigenvalue weighted by molar-refractivity contribution is 7.99. The summed E-state index contributed by atoms with van der Waals surface area (Å²) in [6, 6.07) is -0.208. The summed E-state index contributed by atoms with van der Waals surface area (Å²) in [5, 5.41) is 3.06. The lowest BCUT2D eigenvalue weighted by Crippen LogP contribution is -2.30. The van der Waals surface area contributed by atoms with Crippen LogP contribution in [0, 0.1) is 0 Å². The first-order chi connectivity index (χ1) is 7.07. The molecule has 1 aromatic rings. The van der Waals surface area contributed by atoms with Gasteiger partial charge in [-0.3, -0.25) is 0 Å². The molecule has 1 unspecified atom stereocenters. The number of aromatic nitrogens is 1. The van der Waals surface area contributed by atoms with Crippen LogP contribution < -0.4 is 5.32 Å². The number of hydrogen-bond donors (Lipinski definition) is 1. The summed E-state index contributed by atoms with van der Waals surface area (Å²) in [4.78, 5) is 3.64. The number of halogens is 3. The van der Waals surface area contributed by atoms with Crippen LogP contribution >= 0.6 is 11.8 Å². The van der Waals surface area contributed by atoms with E-state index in [1.165, 1.54) is 0 Å². The molecule has 1 aliphatic heterocycles. The molecule has 2 heterocycles. The number of nitrogens with one attached hydrogen (secondary N) is 1. The smallest absolute Gasteiger partial charge is 0.434 e. The molecule has 2 rings (SSSR count). The fourth-order valence-electron chi connectivity index (χ4n) is 1.30. The van der Waals surface area contributed by atoms with Crippen LogP contribution in [0.15, 0.2) is 10.6 Å². The van der Waals surface area contributed by atoms with Gasteiger partial charge in [0.05, 0.1) is 12.2 Å². The Morgan fingerprint density at radius 2 is 2.33 bits per heavy atom. The second-order valence-electron chi connectivity index (χ2n) is 3.14. The van der Waals surface area contributed by atoms with Gasteiger partial charge < -0.3 is 9.73 Å². The zero-order valence-electron chi connectivity index (χ0n) is 7.67. The summed E-state index contributed by atoms with van der Waals surface area (Å²) in [6.45, 7) is 0.763. The van der Waals surface area contributed by atoms with E-state index in [1.807, 2.05) is 0 Å². The van der Waals surface area contributed by atoms with Crippen LogP contribution in [0.25, 0.3) is 0 Å². The van der Waals surface area contributed by atoms with Gasteiger partial charge in [0.1, 0.15) is 0 Å². The Morgan fingerprint density at radius 3 is 2.87 bits per heavy atom. The van der Waals surface area contributed by atoms with Gasteiger partial charge in [-0.25, -0.2) is 4.98 Å². The van der Waals surface area contributed by atoms with Gasteiger partial charge in [0, 0.05) is 18.1 Å². The topological polar surface area (TPSA) is 38.1 Å². The molecular formula is C8H9F3N2OS. The maximum Gasteiger partial charge on any atom is 0.451 e. The molecule has 1 fully saturated rings. The van der Waals surface area contributed by atoms with Gasteiger partial charge in [-0.1, -0.05) is 0 Å². The predicted octanol–water partition coefficient (Wildman–Crippen LogP) is 2.07. The van der Waals surface area contributed by atoms with Gasteiger partial charge in [-0.2, -0.15) is 24.9 Å². The fraction of sp³-hybridized carbons (Fsp3) is 0.625. The Balaban J connectivity index is 2.12. The molecule has 0 radical (unpaired) electrons. The Labute approximate surface area is 88.4 Å². The van der Waals surface area contributed by atoms with Crippen LogP contribution in [0.5, 0.6) is 0 Å². The van der Waals surface area contributed by atoms with E-state index < -0.39 is 11.9 Å². The lowest BCUT2D eigenvalue weighted by atomic mass is 10.3. The quantitative estimate of drug-likeness (QED) is 0.812. The van der Waals surface area contributed by atoms with E-state index >= 15 is 0 Å². The second kappa shape index (κ2) is 4.05. The van der Waals surface area contributed by atoms with Crippen LogP contribution in [0.4, 0.5) is 13.2 Å². The maximum absolute atomic E-state index is 12.2. The molecule has 3 nitrogen and oxygen atoms in total. The molecule has 0 aromatic carbocycles. The lowest BCUT2D eigenvalue weighted by Gasteiger charge is -2.19. The lowest BCUT2D eigenvalue weighted by molar-refractivity contribution is -0.153. The average molecular weight is 238 g/mol. The molecular weight excluding hydrogens is 229 g/mol. The van der Waals surface area contributed by atoms with E-state index in [4.69, 9.17) is 0 Å². The van der Waals surface area contributed by atoms with Gasteiger partial charge in [0.15, 0.2) is 0 Å². The van der Waals surface area contributed by atoms with Crippen molar-refractivity contribution in [3.63, 3.8) is 0 Å². The number of alkyl halides is 3. The fourth-order valence-corrected chi connectivity index (χ4v) is 2.23.